The van der Waals surface area contributed by atoms with Crippen LogP contribution in [0, 0.1) is 0 Å². The standard InChI is InChI=1S/C13H14N2O2/c1-2-3-10-8-13(15-9-14-10)17-12-6-4-11(16)5-7-12/h4-9,16H,2-3H2,1H3. The summed E-state index contributed by atoms with van der Waals surface area (Å²) in [6.45, 7) is 2.10. The molecule has 2 aromatic rings. The van der Waals surface area contributed by atoms with Crippen LogP contribution < -0.4 is 4.74 Å². The number of nitrogens with zero attached hydrogens (tertiary/aromatic N) is 2. The second kappa shape index (κ2) is 5.30. The van der Waals surface area contributed by atoms with Gasteiger partial charge < -0.3 is 9.84 Å². The van der Waals surface area contributed by atoms with Gasteiger partial charge in [0.15, 0.2) is 0 Å². The zero-order valence-electron chi connectivity index (χ0n) is 9.63. The summed E-state index contributed by atoms with van der Waals surface area (Å²) in [5.74, 6) is 1.38. The Balaban J connectivity index is 2.12. The summed E-state index contributed by atoms with van der Waals surface area (Å²) >= 11 is 0. The van der Waals surface area contributed by atoms with Gasteiger partial charge in [-0.25, -0.2) is 9.97 Å². The summed E-state index contributed by atoms with van der Waals surface area (Å²) in [5, 5.41) is 9.16. The number of hydrogen-bond donors (Lipinski definition) is 1. The predicted octanol–water partition coefficient (Wildman–Crippen LogP) is 2.93. The van der Waals surface area contributed by atoms with Crippen molar-refractivity contribution in [1.82, 2.24) is 9.97 Å². The lowest BCUT2D eigenvalue weighted by molar-refractivity contribution is 0.452. The van der Waals surface area contributed by atoms with Crippen LogP contribution in [0.25, 0.3) is 0 Å². The molecule has 0 atom stereocenters. The molecule has 1 aromatic carbocycles. The first-order chi connectivity index (χ1) is 8.28. The normalized spacial score (nSPS) is 10.2. The van der Waals surface area contributed by atoms with E-state index in [-0.39, 0.29) is 5.75 Å². The fourth-order valence-corrected chi connectivity index (χ4v) is 1.46. The van der Waals surface area contributed by atoms with Crippen LogP contribution in [0.1, 0.15) is 19.0 Å². The van der Waals surface area contributed by atoms with Gasteiger partial charge >= 0.3 is 0 Å². The SMILES string of the molecule is CCCc1cc(Oc2ccc(O)cc2)ncn1. The van der Waals surface area contributed by atoms with E-state index in [2.05, 4.69) is 16.9 Å². The smallest absolute Gasteiger partial charge is 0.222 e. The van der Waals surface area contributed by atoms with Crippen molar-refractivity contribution in [2.75, 3.05) is 0 Å². The number of hydrogen-bond acceptors (Lipinski definition) is 4. The monoisotopic (exact) mass is 230 g/mol. The Bertz CT molecular complexity index is 483. The molecule has 1 aromatic heterocycles. The van der Waals surface area contributed by atoms with Crippen LogP contribution in [0.2, 0.25) is 0 Å². The summed E-state index contributed by atoms with van der Waals surface area (Å²) < 4.78 is 5.56. The molecule has 17 heavy (non-hydrogen) atoms. The molecule has 4 nitrogen and oxygen atoms in total. The molecule has 1 N–H and O–H groups in total. The Hall–Kier alpha value is -2.10. The topological polar surface area (TPSA) is 55.2 Å². The number of phenolic OH excluding ortho intramolecular Hbond substituents is 1. The molecule has 1 heterocycles. The van der Waals surface area contributed by atoms with Crippen LogP contribution in [-0.2, 0) is 6.42 Å². The molecular weight excluding hydrogens is 216 g/mol. The Kier molecular flexibility index (Phi) is 3.55. The minimum Gasteiger partial charge on any atom is -0.508 e. The Labute approximate surface area is 99.9 Å². The van der Waals surface area contributed by atoms with Crippen LogP contribution >= 0.6 is 0 Å². The first-order valence-electron chi connectivity index (χ1n) is 5.55. The van der Waals surface area contributed by atoms with Crippen molar-refractivity contribution in [3.8, 4) is 17.4 Å². The highest BCUT2D eigenvalue weighted by Crippen LogP contribution is 2.21. The lowest BCUT2D eigenvalue weighted by atomic mass is 10.2. The molecule has 2 rings (SSSR count). The van der Waals surface area contributed by atoms with Crippen molar-refractivity contribution in [1.29, 1.82) is 0 Å². The number of aromatic hydroxyl groups is 1. The summed E-state index contributed by atoms with van der Waals surface area (Å²) in [5.41, 5.74) is 0.969. The maximum atomic E-state index is 9.16. The Morgan fingerprint density at radius 1 is 1.18 bits per heavy atom. The van der Waals surface area contributed by atoms with Gasteiger partial charge in [-0.2, -0.15) is 0 Å². The van der Waals surface area contributed by atoms with E-state index in [0.717, 1.165) is 18.5 Å². The van der Waals surface area contributed by atoms with Gasteiger partial charge in [-0.15, -0.1) is 0 Å². The number of benzene rings is 1. The highest BCUT2D eigenvalue weighted by Gasteiger charge is 2.01. The number of phenols is 1. The van der Waals surface area contributed by atoms with Crippen molar-refractivity contribution in [2.24, 2.45) is 0 Å². The predicted molar refractivity (Wildman–Crippen MR) is 64.2 cm³/mol. The third kappa shape index (κ3) is 3.17. The zero-order chi connectivity index (χ0) is 12.1. The van der Waals surface area contributed by atoms with Gasteiger partial charge in [-0.1, -0.05) is 13.3 Å². The summed E-state index contributed by atoms with van der Waals surface area (Å²) in [4.78, 5) is 8.20. The third-order valence-electron chi connectivity index (χ3n) is 2.26. The van der Waals surface area contributed by atoms with Crippen molar-refractivity contribution in [3.05, 3.63) is 42.4 Å². The highest BCUT2D eigenvalue weighted by atomic mass is 16.5. The fraction of sp³-hybridized carbons (Fsp3) is 0.231. The van der Waals surface area contributed by atoms with Crippen LogP contribution in [-0.4, -0.2) is 15.1 Å². The van der Waals surface area contributed by atoms with E-state index < -0.39 is 0 Å². The quantitative estimate of drug-likeness (QED) is 0.877. The van der Waals surface area contributed by atoms with Crippen molar-refractivity contribution < 1.29 is 9.84 Å². The average molecular weight is 230 g/mol. The lowest BCUT2D eigenvalue weighted by Crippen LogP contribution is -1.93. The average Bonchev–Trinajstić information content (AvgIpc) is 2.33. The first-order valence-corrected chi connectivity index (χ1v) is 5.55. The summed E-state index contributed by atoms with van der Waals surface area (Å²) in [6.07, 6.45) is 3.45. The number of ether oxygens (including phenoxy) is 1. The molecule has 0 saturated carbocycles. The molecule has 88 valence electrons. The van der Waals surface area contributed by atoms with Gasteiger partial charge in [-0.05, 0) is 30.7 Å². The van der Waals surface area contributed by atoms with Crippen LogP contribution in [0.15, 0.2) is 36.7 Å². The number of aryl methyl sites for hydroxylation is 1. The van der Waals surface area contributed by atoms with Crippen molar-refractivity contribution >= 4 is 0 Å². The molecule has 0 radical (unpaired) electrons. The Morgan fingerprint density at radius 2 is 1.94 bits per heavy atom. The van der Waals surface area contributed by atoms with E-state index in [1.807, 2.05) is 6.07 Å². The molecule has 0 spiro atoms. The van der Waals surface area contributed by atoms with Crippen molar-refractivity contribution in [2.45, 2.75) is 19.8 Å². The van der Waals surface area contributed by atoms with Gasteiger partial charge in [0.05, 0.1) is 0 Å². The highest BCUT2D eigenvalue weighted by molar-refractivity contribution is 5.32. The molecular formula is C13H14N2O2. The molecule has 0 saturated heterocycles. The van der Waals surface area contributed by atoms with Crippen molar-refractivity contribution in [3.63, 3.8) is 0 Å². The maximum absolute atomic E-state index is 9.16. The molecule has 0 aliphatic heterocycles. The van der Waals surface area contributed by atoms with Gasteiger partial charge in [-0.3, -0.25) is 0 Å². The lowest BCUT2D eigenvalue weighted by Gasteiger charge is -2.05. The van der Waals surface area contributed by atoms with Gasteiger partial charge in [0.25, 0.3) is 0 Å². The van der Waals surface area contributed by atoms with E-state index in [1.54, 1.807) is 24.3 Å². The second-order valence-corrected chi connectivity index (χ2v) is 3.69. The largest absolute Gasteiger partial charge is 0.508 e. The molecule has 0 unspecified atom stereocenters. The minimum absolute atomic E-state index is 0.215. The number of rotatable bonds is 4. The van der Waals surface area contributed by atoms with Crippen LogP contribution in [0.4, 0.5) is 0 Å². The molecule has 0 amide bonds. The minimum atomic E-state index is 0.215. The molecule has 0 aliphatic carbocycles. The summed E-state index contributed by atoms with van der Waals surface area (Å²) in [6, 6.07) is 8.36. The molecule has 0 bridgehead atoms. The number of aromatic nitrogens is 2. The van der Waals surface area contributed by atoms with Crippen LogP contribution in [0.3, 0.4) is 0 Å². The maximum Gasteiger partial charge on any atom is 0.222 e. The van der Waals surface area contributed by atoms with Gasteiger partial charge in [0.1, 0.15) is 17.8 Å². The molecule has 4 heteroatoms. The fourth-order valence-electron chi connectivity index (χ4n) is 1.46. The second-order valence-electron chi connectivity index (χ2n) is 3.69. The van der Waals surface area contributed by atoms with E-state index in [1.165, 1.54) is 6.33 Å². The molecule has 0 aliphatic rings. The molecule has 0 fully saturated rings. The van der Waals surface area contributed by atoms with E-state index in [9.17, 15) is 0 Å². The van der Waals surface area contributed by atoms with Gasteiger partial charge in [0.2, 0.25) is 5.88 Å². The first kappa shape index (κ1) is 11.4. The van der Waals surface area contributed by atoms with Crippen LogP contribution in [0.5, 0.6) is 17.4 Å². The van der Waals surface area contributed by atoms with E-state index >= 15 is 0 Å². The zero-order valence-corrected chi connectivity index (χ0v) is 9.63. The summed E-state index contributed by atoms with van der Waals surface area (Å²) in [7, 11) is 0. The van der Waals surface area contributed by atoms with Gasteiger partial charge in [0, 0.05) is 11.8 Å². The Morgan fingerprint density at radius 3 is 2.65 bits per heavy atom. The van der Waals surface area contributed by atoms with E-state index in [4.69, 9.17) is 9.84 Å². The third-order valence-corrected chi connectivity index (χ3v) is 2.26. The van der Waals surface area contributed by atoms with E-state index in [0.29, 0.717) is 11.6 Å².